The molecule has 0 aromatic rings. The standard InChI is InChI=1S/C16H29NO3/c1-3-4-5-6-7-8-9-10-14(18)17-12-11-13(2)15(17)16(19)20/h13,15H,3-12H2,1-2H3,(H,19,20). The van der Waals surface area contributed by atoms with E-state index >= 15 is 0 Å². The second-order valence-corrected chi connectivity index (χ2v) is 6.01. The number of hydrogen-bond donors (Lipinski definition) is 1. The van der Waals surface area contributed by atoms with Crippen LogP contribution >= 0.6 is 0 Å². The van der Waals surface area contributed by atoms with Gasteiger partial charge in [0, 0.05) is 13.0 Å². The Balaban J connectivity index is 2.20. The molecule has 1 saturated heterocycles. The molecule has 1 rings (SSSR count). The molecule has 0 radical (unpaired) electrons. The molecule has 2 atom stereocenters. The Bertz CT molecular complexity index is 317. The number of unbranched alkanes of at least 4 members (excludes halogenated alkanes) is 6. The maximum Gasteiger partial charge on any atom is 0.326 e. The lowest BCUT2D eigenvalue weighted by molar-refractivity contribution is -0.149. The van der Waals surface area contributed by atoms with Gasteiger partial charge in [0.25, 0.3) is 0 Å². The van der Waals surface area contributed by atoms with Crippen LogP contribution in [0.3, 0.4) is 0 Å². The van der Waals surface area contributed by atoms with Gasteiger partial charge < -0.3 is 10.0 Å². The van der Waals surface area contributed by atoms with Crippen molar-refractivity contribution in [1.29, 1.82) is 0 Å². The first-order valence-electron chi connectivity index (χ1n) is 8.10. The van der Waals surface area contributed by atoms with Crippen LogP contribution in [0.5, 0.6) is 0 Å². The topological polar surface area (TPSA) is 57.6 Å². The van der Waals surface area contributed by atoms with E-state index in [1.54, 1.807) is 4.90 Å². The molecule has 1 aliphatic heterocycles. The number of carbonyl (C=O) groups excluding carboxylic acids is 1. The summed E-state index contributed by atoms with van der Waals surface area (Å²) in [6, 6.07) is -0.605. The molecule has 2 unspecified atom stereocenters. The SMILES string of the molecule is CCCCCCCCCC(=O)N1CCC(C)C1C(=O)O. The van der Waals surface area contributed by atoms with Gasteiger partial charge >= 0.3 is 5.97 Å². The highest BCUT2D eigenvalue weighted by molar-refractivity contribution is 5.84. The van der Waals surface area contributed by atoms with Crippen LogP contribution < -0.4 is 0 Å². The summed E-state index contributed by atoms with van der Waals surface area (Å²) in [4.78, 5) is 24.9. The molecule has 1 amide bonds. The third kappa shape index (κ3) is 5.14. The van der Waals surface area contributed by atoms with Crippen molar-refractivity contribution in [2.75, 3.05) is 6.54 Å². The van der Waals surface area contributed by atoms with E-state index in [1.807, 2.05) is 6.92 Å². The third-order valence-corrected chi connectivity index (χ3v) is 4.27. The lowest BCUT2D eigenvalue weighted by Gasteiger charge is -2.23. The summed E-state index contributed by atoms with van der Waals surface area (Å²) in [5.74, 6) is -0.760. The maximum atomic E-state index is 12.1. The van der Waals surface area contributed by atoms with Crippen LogP contribution in [0, 0.1) is 5.92 Å². The maximum absolute atomic E-state index is 12.1. The molecule has 0 saturated carbocycles. The van der Waals surface area contributed by atoms with E-state index in [4.69, 9.17) is 0 Å². The molecule has 116 valence electrons. The third-order valence-electron chi connectivity index (χ3n) is 4.27. The first-order chi connectivity index (χ1) is 9.57. The van der Waals surface area contributed by atoms with Gasteiger partial charge in [0.15, 0.2) is 0 Å². The van der Waals surface area contributed by atoms with E-state index in [2.05, 4.69) is 6.92 Å². The van der Waals surface area contributed by atoms with Gasteiger partial charge in [-0.15, -0.1) is 0 Å². The lowest BCUT2D eigenvalue weighted by atomic mass is 10.0. The van der Waals surface area contributed by atoms with Crippen LogP contribution in [0.15, 0.2) is 0 Å². The number of carboxylic acids is 1. The van der Waals surface area contributed by atoms with Gasteiger partial charge in [0.2, 0.25) is 5.91 Å². The predicted molar refractivity (Wildman–Crippen MR) is 79.5 cm³/mol. The number of carbonyl (C=O) groups is 2. The number of aliphatic carboxylic acids is 1. The van der Waals surface area contributed by atoms with Crippen LogP contribution in [0.2, 0.25) is 0 Å². The minimum absolute atomic E-state index is 0.0234. The molecule has 0 spiro atoms. The minimum Gasteiger partial charge on any atom is -0.480 e. The number of amides is 1. The molecule has 0 bridgehead atoms. The molecule has 4 nitrogen and oxygen atoms in total. The van der Waals surface area contributed by atoms with Gasteiger partial charge in [-0.25, -0.2) is 4.79 Å². The van der Waals surface area contributed by atoms with Crippen molar-refractivity contribution in [1.82, 2.24) is 4.90 Å². The average molecular weight is 283 g/mol. The highest BCUT2D eigenvalue weighted by atomic mass is 16.4. The van der Waals surface area contributed by atoms with E-state index in [0.717, 1.165) is 19.3 Å². The summed E-state index contributed by atoms with van der Waals surface area (Å²) in [5.41, 5.74) is 0. The van der Waals surface area contributed by atoms with Gasteiger partial charge in [0.1, 0.15) is 6.04 Å². The fraction of sp³-hybridized carbons (Fsp3) is 0.875. The van der Waals surface area contributed by atoms with Crippen LogP contribution in [-0.4, -0.2) is 34.5 Å². The van der Waals surface area contributed by atoms with Crippen molar-refractivity contribution in [2.24, 2.45) is 5.92 Å². The first-order valence-corrected chi connectivity index (χ1v) is 8.10. The van der Waals surface area contributed by atoms with Crippen molar-refractivity contribution < 1.29 is 14.7 Å². The van der Waals surface area contributed by atoms with E-state index in [9.17, 15) is 14.7 Å². The smallest absolute Gasteiger partial charge is 0.326 e. The van der Waals surface area contributed by atoms with Crippen LogP contribution in [-0.2, 0) is 9.59 Å². The van der Waals surface area contributed by atoms with Gasteiger partial charge in [-0.3, -0.25) is 4.79 Å². The van der Waals surface area contributed by atoms with Crippen LogP contribution in [0.25, 0.3) is 0 Å². The van der Waals surface area contributed by atoms with Crippen molar-refractivity contribution >= 4 is 11.9 Å². The Kier molecular flexibility index (Phi) is 7.63. The summed E-state index contributed by atoms with van der Waals surface area (Å²) in [7, 11) is 0. The fourth-order valence-corrected chi connectivity index (χ4v) is 2.98. The van der Waals surface area contributed by atoms with E-state index in [-0.39, 0.29) is 11.8 Å². The van der Waals surface area contributed by atoms with Gasteiger partial charge in [0.05, 0.1) is 0 Å². The second kappa shape index (κ2) is 8.98. The summed E-state index contributed by atoms with van der Waals surface area (Å²) in [5, 5.41) is 9.20. The lowest BCUT2D eigenvalue weighted by Crippen LogP contribution is -2.42. The number of nitrogens with zero attached hydrogens (tertiary/aromatic N) is 1. The zero-order valence-electron chi connectivity index (χ0n) is 12.9. The van der Waals surface area contributed by atoms with Gasteiger partial charge in [-0.2, -0.15) is 0 Å². The monoisotopic (exact) mass is 283 g/mol. The molecule has 1 heterocycles. The highest BCUT2D eigenvalue weighted by Crippen LogP contribution is 2.25. The zero-order chi connectivity index (χ0) is 15.0. The predicted octanol–water partition coefficient (Wildman–Crippen LogP) is 3.45. The Morgan fingerprint density at radius 1 is 1.10 bits per heavy atom. The minimum atomic E-state index is -0.858. The Labute approximate surface area is 122 Å². The molecular formula is C16H29NO3. The molecule has 0 aromatic heterocycles. The number of likely N-dealkylation sites (tertiary alicyclic amines) is 1. The molecule has 1 fully saturated rings. The Hall–Kier alpha value is -1.06. The number of rotatable bonds is 9. The molecule has 1 aliphatic rings. The Morgan fingerprint density at radius 2 is 1.70 bits per heavy atom. The van der Waals surface area contributed by atoms with Gasteiger partial charge in [-0.05, 0) is 18.8 Å². The molecule has 1 N–H and O–H groups in total. The van der Waals surface area contributed by atoms with Crippen molar-refractivity contribution in [3.8, 4) is 0 Å². The largest absolute Gasteiger partial charge is 0.480 e. The average Bonchev–Trinajstić information content (AvgIpc) is 2.79. The fourth-order valence-electron chi connectivity index (χ4n) is 2.98. The van der Waals surface area contributed by atoms with E-state index < -0.39 is 12.0 Å². The molecule has 4 heteroatoms. The molecule has 0 aliphatic carbocycles. The molecule has 20 heavy (non-hydrogen) atoms. The van der Waals surface area contributed by atoms with Crippen molar-refractivity contribution in [3.05, 3.63) is 0 Å². The first kappa shape index (κ1) is 17.0. The summed E-state index contributed by atoms with van der Waals surface area (Å²) in [6.45, 7) is 4.72. The summed E-state index contributed by atoms with van der Waals surface area (Å²) in [6.07, 6.45) is 9.55. The molecular weight excluding hydrogens is 254 g/mol. The van der Waals surface area contributed by atoms with Crippen LogP contribution in [0.1, 0.15) is 71.6 Å². The zero-order valence-corrected chi connectivity index (χ0v) is 12.9. The van der Waals surface area contributed by atoms with Gasteiger partial charge in [-0.1, -0.05) is 52.4 Å². The summed E-state index contributed by atoms with van der Waals surface area (Å²) >= 11 is 0. The normalized spacial score (nSPS) is 22.2. The number of hydrogen-bond acceptors (Lipinski definition) is 2. The second-order valence-electron chi connectivity index (χ2n) is 6.01. The van der Waals surface area contributed by atoms with E-state index in [0.29, 0.717) is 13.0 Å². The van der Waals surface area contributed by atoms with Crippen molar-refractivity contribution in [3.63, 3.8) is 0 Å². The quantitative estimate of drug-likeness (QED) is 0.659. The Morgan fingerprint density at radius 3 is 2.30 bits per heavy atom. The highest BCUT2D eigenvalue weighted by Gasteiger charge is 2.38. The van der Waals surface area contributed by atoms with Crippen LogP contribution in [0.4, 0.5) is 0 Å². The van der Waals surface area contributed by atoms with E-state index in [1.165, 1.54) is 32.1 Å². The number of carboxylic acid groups (broad SMARTS) is 1. The molecule has 0 aromatic carbocycles. The van der Waals surface area contributed by atoms with Crippen molar-refractivity contribution in [2.45, 2.75) is 77.7 Å². The summed E-state index contributed by atoms with van der Waals surface area (Å²) < 4.78 is 0.